The quantitative estimate of drug-likeness (QED) is 0.338. The molecule has 3 rings (SSSR count). The van der Waals surface area contributed by atoms with Crippen molar-refractivity contribution in [3.8, 4) is 6.07 Å². The van der Waals surface area contributed by atoms with Gasteiger partial charge in [-0.1, -0.05) is 18.2 Å². The van der Waals surface area contributed by atoms with Gasteiger partial charge in [-0.05, 0) is 30.3 Å². The summed E-state index contributed by atoms with van der Waals surface area (Å²) in [5.41, 5.74) is -1.08. The third-order valence-electron chi connectivity index (χ3n) is 4.14. The van der Waals surface area contributed by atoms with E-state index in [0.29, 0.717) is 0 Å². The van der Waals surface area contributed by atoms with Crippen LogP contribution in [-0.2, 0) is 39.1 Å². The van der Waals surface area contributed by atoms with Crippen molar-refractivity contribution in [2.75, 3.05) is 7.11 Å². The van der Waals surface area contributed by atoms with Crippen LogP contribution in [0.25, 0.3) is 5.70 Å². The number of hydrogen-bond donors (Lipinski definition) is 2. The Labute approximate surface area is 178 Å². The Kier molecular flexibility index (Phi) is 5.63. The largest absolute Gasteiger partial charge is 0.296 e. The molecule has 2 N–H and O–H groups in total. The molecule has 0 atom stereocenters. The summed E-state index contributed by atoms with van der Waals surface area (Å²) in [6, 6.07) is 10.8. The zero-order valence-electron chi connectivity index (χ0n) is 15.6. The molecule has 14 heteroatoms. The van der Waals surface area contributed by atoms with Crippen molar-refractivity contribution in [3.63, 3.8) is 0 Å². The minimum Gasteiger partial charge on any atom is -0.277 e. The first-order valence-corrected chi connectivity index (χ1v) is 12.5. The summed E-state index contributed by atoms with van der Waals surface area (Å²) >= 11 is 0. The monoisotopic (exact) mass is 483 g/mol. The van der Waals surface area contributed by atoms with Gasteiger partial charge in [-0.25, -0.2) is 21.6 Å². The van der Waals surface area contributed by atoms with Gasteiger partial charge in [0.1, 0.15) is 11.6 Å². The first kappa shape index (κ1) is 22.4. The molecule has 11 nitrogen and oxygen atoms in total. The topological polar surface area (TPSA) is 177 Å². The number of nitriles is 1. The highest BCUT2D eigenvalue weighted by Crippen LogP contribution is 2.31. The minimum absolute atomic E-state index is 0.0423. The van der Waals surface area contributed by atoms with Crippen molar-refractivity contribution < 1.29 is 34.2 Å². The molecular formula is C17H13N3O8S3. The average Bonchev–Trinajstić information content (AvgIpc) is 2.99. The molecule has 1 aliphatic heterocycles. The number of nitrogens with zero attached hydrogens (tertiary/aromatic N) is 1. The van der Waals surface area contributed by atoms with Crippen LogP contribution in [-0.4, -0.2) is 38.3 Å². The van der Waals surface area contributed by atoms with E-state index in [2.05, 4.69) is 8.91 Å². The van der Waals surface area contributed by atoms with Crippen LogP contribution in [0.1, 0.15) is 5.56 Å². The van der Waals surface area contributed by atoms with Crippen molar-refractivity contribution in [2.24, 2.45) is 0 Å². The summed E-state index contributed by atoms with van der Waals surface area (Å²) in [7, 11) is -11.6. The molecule has 0 unspecified atom stereocenters. The standard InChI is InChI=1S/C17H13N3O8S3/c1-28-31(26,27)12-8-6-11(7-9-12)29(22,23)20-17(21)14(10-18)16-13-4-2-3-5-15(13)30(24,25)19-16/h2-9,19H,1H3,(H,20,21). The number of fused-ring (bicyclic) bond motifs is 1. The molecule has 0 aromatic heterocycles. The summed E-state index contributed by atoms with van der Waals surface area (Å²) < 4.78 is 80.7. The molecule has 2 aromatic rings. The lowest BCUT2D eigenvalue weighted by atomic mass is 10.1. The fourth-order valence-corrected chi connectivity index (χ4v) is 5.60. The normalized spacial score (nSPS) is 16.5. The molecule has 0 fully saturated rings. The van der Waals surface area contributed by atoms with E-state index >= 15 is 0 Å². The van der Waals surface area contributed by atoms with Crippen molar-refractivity contribution in [1.82, 2.24) is 9.44 Å². The third kappa shape index (κ3) is 4.16. The zero-order valence-corrected chi connectivity index (χ0v) is 18.0. The molecule has 0 saturated heterocycles. The molecule has 0 radical (unpaired) electrons. The van der Waals surface area contributed by atoms with Gasteiger partial charge in [0, 0.05) is 5.56 Å². The fourth-order valence-electron chi connectivity index (χ4n) is 2.67. The molecular weight excluding hydrogens is 470 g/mol. The zero-order chi connectivity index (χ0) is 23.0. The molecule has 0 bridgehead atoms. The number of nitrogens with one attached hydrogen (secondary N) is 2. The van der Waals surface area contributed by atoms with Crippen LogP contribution in [0.15, 0.2) is 68.8 Å². The van der Waals surface area contributed by atoms with Crippen molar-refractivity contribution in [3.05, 3.63) is 59.7 Å². The van der Waals surface area contributed by atoms with Crippen LogP contribution in [0.3, 0.4) is 0 Å². The van der Waals surface area contributed by atoms with E-state index in [1.165, 1.54) is 30.3 Å². The van der Waals surface area contributed by atoms with E-state index in [9.17, 15) is 35.3 Å². The second-order valence-electron chi connectivity index (χ2n) is 5.99. The lowest BCUT2D eigenvalue weighted by Gasteiger charge is -2.09. The number of carbonyl (C=O) groups is 1. The lowest BCUT2D eigenvalue weighted by Crippen LogP contribution is -2.32. The van der Waals surface area contributed by atoms with Crippen LogP contribution in [0.5, 0.6) is 0 Å². The number of amides is 1. The van der Waals surface area contributed by atoms with Crippen molar-refractivity contribution in [1.29, 1.82) is 5.26 Å². The smallest absolute Gasteiger partial charge is 0.277 e. The van der Waals surface area contributed by atoms with E-state index in [1.54, 1.807) is 4.72 Å². The molecule has 162 valence electrons. The second kappa shape index (κ2) is 7.78. The Bertz CT molecular complexity index is 1470. The maximum absolute atomic E-state index is 12.5. The predicted molar refractivity (Wildman–Crippen MR) is 105 cm³/mol. The highest BCUT2D eigenvalue weighted by atomic mass is 32.2. The number of rotatable bonds is 5. The Morgan fingerprint density at radius 1 is 1.03 bits per heavy atom. The Morgan fingerprint density at radius 2 is 1.61 bits per heavy atom. The van der Waals surface area contributed by atoms with Crippen molar-refractivity contribution in [2.45, 2.75) is 14.7 Å². The second-order valence-corrected chi connectivity index (χ2v) is 11.0. The van der Waals surface area contributed by atoms with Gasteiger partial charge in [-0.3, -0.25) is 13.7 Å². The number of hydrogen-bond acceptors (Lipinski definition) is 9. The minimum atomic E-state index is -4.52. The molecule has 1 heterocycles. The van der Waals surface area contributed by atoms with Crippen LogP contribution in [0.2, 0.25) is 0 Å². The van der Waals surface area contributed by atoms with Crippen molar-refractivity contribution >= 4 is 41.8 Å². The first-order chi connectivity index (χ1) is 14.4. The van der Waals surface area contributed by atoms with Gasteiger partial charge in [0.25, 0.3) is 36.1 Å². The summed E-state index contributed by atoms with van der Waals surface area (Å²) in [6.45, 7) is 0. The van der Waals surface area contributed by atoms with E-state index < -0.39 is 46.5 Å². The number of sulfonamides is 2. The Hall–Kier alpha value is -3.25. The van der Waals surface area contributed by atoms with Gasteiger partial charge in [0.05, 0.1) is 27.5 Å². The summed E-state index contributed by atoms with van der Waals surface area (Å²) in [4.78, 5) is 11.6. The highest BCUT2D eigenvalue weighted by molar-refractivity contribution is 7.90. The van der Waals surface area contributed by atoms with Gasteiger partial charge in [0.15, 0.2) is 0 Å². The van der Waals surface area contributed by atoms with Gasteiger partial charge >= 0.3 is 0 Å². The summed E-state index contributed by atoms with van der Waals surface area (Å²) in [5.74, 6) is -1.37. The molecule has 2 aromatic carbocycles. The van der Waals surface area contributed by atoms with Gasteiger partial charge in [-0.15, -0.1) is 0 Å². The molecule has 1 aliphatic rings. The SMILES string of the molecule is COS(=O)(=O)c1ccc(S(=O)(=O)NC(=O)C(C#N)=C2NS(=O)(=O)c3ccccc32)cc1. The van der Waals surface area contributed by atoms with E-state index in [4.69, 9.17) is 0 Å². The summed E-state index contributed by atoms with van der Waals surface area (Å²) in [6.07, 6.45) is 0. The Balaban J connectivity index is 1.97. The van der Waals surface area contributed by atoms with Gasteiger partial charge in [0.2, 0.25) is 0 Å². The maximum atomic E-state index is 12.5. The molecule has 1 amide bonds. The first-order valence-electron chi connectivity index (χ1n) is 8.17. The van der Waals surface area contributed by atoms with Crippen LogP contribution < -0.4 is 9.44 Å². The van der Waals surface area contributed by atoms with Crippen LogP contribution in [0.4, 0.5) is 0 Å². The molecule has 0 aliphatic carbocycles. The Morgan fingerprint density at radius 3 is 2.19 bits per heavy atom. The van der Waals surface area contributed by atoms with Crippen LogP contribution in [0, 0.1) is 11.3 Å². The predicted octanol–water partition coefficient (Wildman–Crippen LogP) is 0.0534. The van der Waals surface area contributed by atoms with Gasteiger partial charge in [-0.2, -0.15) is 13.7 Å². The number of carbonyl (C=O) groups excluding carboxylic acids is 1. The third-order valence-corrected chi connectivity index (χ3v) is 8.18. The number of benzene rings is 2. The van der Waals surface area contributed by atoms with E-state index in [1.807, 2.05) is 0 Å². The lowest BCUT2D eigenvalue weighted by molar-refractivity contribution is -0.115. The highest BCUT2D eigenvalue weighted by Gasteiger charge is 2.34. The molecule has 0 saturated carbocycles. The van der Waals surface area contributed by atoms with Gasteiger partial charge < -0.3 is 0 Å². The van der Waals surface area contributed by atoms with E-state index in [-0.39, 0.29) is 21.1 Å². The van der Waals surface area contributed by atoms with Crippen LogP contribution >= 0.6 is 0 Å². The molecule has 0 spiro atoms. The summed E-state index contributed by atoms with van der Waals surface area (Å²) in [5, 5.41) is 9.39. The molecule has 31 heavy (non-hydrogen) atoms. The fraction of sp³-hybridized carbons (Fsp3) is 0.0588. The maximum Gasteiger partial charge on any atom is 0.296 e. The van der Waals surface area contributed by atoms with E-state index in [0.717, 1.165) is 31.4 Å². The average molecular weight is 484 g/mol.